The molecule has 1 aromatic carbocycles. The highest BCUT2D eigenvalue weighted by Gasteiger charge is 2.24. The standard InChI is InChI=1S/C18H28N2O2/c1-13-8-14(2)10-16(9-13)20-7-6-15(12-20)11-19-17(21)22-18(3,4)5/h8-10,15H,6-7,11-12H2,1-5H3,(H,19,21). The summed E-state index contributed by atoms with van der Waals surface area (Å²) < 4.78 is 5.28. The van der Waals surface area contributed by atoms with Gasteiger partial charge in [-0.15, -0.1) is 0 Å². The number of hydrogen-bond acceptors (Lipinski definition) is 3. The van der Waals surface area contributed by atoms with E-state index in [-0.39, 0.29) is 6.09 Å². The topological polar surface area (TPSA) is 41.6 Å². The van der Waals surface area contributed by atoms with Crippen LogP contribution in [0.15, 0.2) is 18.2 Å². The van der Waals surface area contributed by atoms with Gasteiger partial charge in [-0.05, 0) is 70.2 Å². The lowest BCUT2D eigenvalue weighted by atomic mass is 10.1. The van der Waals surface area contributed by atoms with E-state index >= 15 is 0 Å². The van der Waals surface area contributed by atoms with Crippen LogP contribution >= 0.6 is 0 Å². The third-order valence-electron chi connectivity index (χ3n) is 3.79. The molecular formula is C18H28N2O2. The van der Waals surface area contributed by atoms with Crippen LogP contribution in [0.25, 0.3) is 0 Å². The quantitative estimate of drug-likeness (QED) is 0.926. The van der Waals surface area contributed by atoms with E-state index in [1.807, 2.05) is 20.8 Å². The number of carbonyl (C=O) groups excluding carboxylic acids is 1. The summed E-state index contributed by atoms with van der Waals surface area (Å²) in [5.74, 6) is 0.480. The summed E-state index contributed by atoms with van der Waals surface area (Å²) in [6, 6.07) is 6.66. The molecule has 0 saturated carbocycles. The second-order valence-corrected chi connectivity index (χ2v) is 7.33. The number of rotatable bonds is 3. The first-order valence-corrected chi connectivity index (χ1v) is 8.03. The first kappa shape index (κ1) is 16.7. The lowest BCUT2D eigenvalue weighted by molar-refractivity contribution is 0.0520. The fourth-order valence-electron chi connectivity index (χ4n) is 2.91. The van der Waals surface area contributed by atoms with Crippen LogP contribution in [0.5, 0.6) is 0 Å². The SMILES string of the molecule is Cc1cc(C)cc(N2CCC(CNC(=O)OC(C)(C)C)C2)c1. The van der Waals surface area contributed by atoms with Gasteiger partial charge in [-0.1, -0.05) is 6.07 Å². The first-order valence-electron chi connectivity index (χ1n) is 8.03. The fraction of sp³-hybridized carbons (Fsp3) is 0.611. The Bertz CT molecular complexity index is 514. The monoisotopic (exact) mass is 304 g/mol. The Labute approximate surface area is 133 Å². The number of hydrogen-bond donors (Lipinski definition) is 1. The van der Waals surface area contributed by atoms with Gasteiger partial charge < -0.3 is 15.0 Å². The minimum Gasteiger partial charge on any atom is -0.444 e. The fourth-order valence-corrected chi connectivity index (χ4v) is 2.91. The van der Waals surface area contributed by atoms with Gasteiger partial charge in [0.15, 0.2) is 0 Å². The van der Waals surface area contributed by atoms with Crippen molar-refractivity contribution in [2.24, 2.45) is 5.92 Å². The number of aryl methyl sites for hydroxylation is 2. The molecule has 4 nitrogen and oxygen atoms in total. The Hall–Kier alpha value is -1.71. The lowest BCUT2D eigenvalue weighted by Crippen LogP contribution is -2.36. The summed E-state index contributed by atoms with van der Waals surface area (Å²) in [7, 11) is 0. The first-order chi connectivity index (χ1) is 10.2. The van der Waals surface area contributed by atoms with Crippen LogP contribution in [-0.2, 0) is 4.74 Å². The van der Waals surface area contributed by atoms with Gasteiger partial charge >= 0.3 is 6.09 Å². The molecule has 22 heavy (non-hydrogen) atoms. The zero-order chi connectivity index (χ0) is 16.3. The van der Waals surface area contributed by atoms with Crippen molar-refractivity contribution in [3.63, 3.8) is 0 Å². The molecule has 1 fully saturated rings. The molecule has 0 spiro atoms. The van der Waals surface area contributed by atoms with Crippen molar-refractivity contribution in [3.05, 3.63) is 29.3 Å². The average molecular weight is 304 g/mol. The average Bonchev–Trinajstić information content (AvgIpc) is 2.82. The summed E-state index contributed by atoms with van der Waals surface area (Å²) in [4.78, 5) is 14.1. The highest BCUT2D eigenvalue weighted by Crippen LogP contribution is 2.25. The lowest BCUT2D eigenvalue weighted by Gasteiger charge is -2.21. The van der Waals surface area contributed by atoms with E-state index in [1.165, 1.54) is 16.8 Å². The van der Waals surface area contributed by atoms with Gasteiger partial charge in [0.1, 0.15) is 5.60 Å². The summed E-state index contributed by atoms with van der Waals surface area (Å²) in [5, 5.41) is 2.89. The number of nitrogens with one attached hydrogen (secondary N) is 1. The second kappa shape index (κ2) is 6.59. The zero-order valence-electron chi connectivity index (χ0n) is 14.4. The zero-order valence-corrected chi connectivity index (χ0v) is 14.4. The summed E-state index contributed by atoms with van der Waals surface area (Å²) in [6.07, 6.45) is 0.778. The molecule has 2 rings (SSSR count). The minimum absolute atomic E-state index is 0.322. The highest BCUT2D eigenvalue weighted by molar-refractivity contribution is 5.67. The predicted octanol–water partition coefficient (Wildman–Crippen LogP) is 3.65. The molecule has 1 atom stereocenters. The Kier molecular flexibility index (Phi) is 4.99. The normalized spacial score (nSPS) is 18.4. The van der Waals surface area contributed by atoms with Crippen LogP contribution in [0, 0.1) is 19.8 Å². The minimum atomic E-state index is -0.440. The Morgan fingerprint density at radius 3 is 2.50 bits per heavy atom. The van der Waals surface area contributed by atoms with E-state index in [4.69, 9.17) is 4.74 Å². The van der Waals surface area contributed by atoms with Crippen LogP contribution in [-0.4, -0.2) is 31.3 Å². The van der Waals surface area contributed by atoms with E-state index in [0.717, 1.165) is 19.5 Å². The number of carbonyl (C=O) groups is 1. The van der Waals surface area contributed by atoms with Crippen molar-refractivity contribution >= 4 is 11.8 Å². The van der Waals surface area contributed by atoms with Crippen molar-refractivity contribution in [2.45, 2.75) is 46.6 Å². The summed E-state index contributed by atoms with van der Waals surface area (Å²) >= 11 is 0. The maximum absolute atomic E-state index is 11.7. The molecule has 1 N–H and O–H groups in total. The van der Waals surface area contributed by atoms with Crippen LogP contribution < -0.4 is 10.2 Å². The Morgan fingerprint density at radius 2 is 1.91 bits per heavy atom. The Balaban J connectivity index is 1.84. The van der Waals surface area contributed by atoms with Gasteiger partial charge in [0.2, 0.25) is 0 Å². The van der Waals surface area contributed by atoms with E-state index in [1.54, 1.807) is 0 Å². The smallest absolute Gasteiger partial charge is 0.407 e. The molecule has 1 amide bonds. The van der Waals surface area contributed by atoms with Crippen LogP contribution in [0.3, 0.4) is 0 Å². The van der Waals surface area contributed by atoms with E-state index in [0.29, 0.717) is 12.5 Å². The van der Waals surface area contributed by atoms with E-state index in [9.17, 15) is 4.79 Å². The molecule has 1 saturated heterocycles. The Morgan fingerprint density at radius 1 is 1.27 bits per heavy atom. The van der Waals surface area contributed by atoms with Gasteiger partial charge in [-0.25, -0.2) is 4.79 Å². The molecule has 4 heteroatoms. The van der Waals surface area contributed by atoms with Crippen molar-refractivity contribution in [1.29, 1.82) is 0 Å². The maximum Gasteiger partial charge on any atom is 0.407 e. The van der Waals surface area contributed by atoms with Gasteiger partial charge in [-0.2, -0.15) is 0 Å². The summed E-state index contributed by atoms with van der Waals surface area (Å²) in [5.41, 5.74) is 3.44. The molecule has 1 aromatic rings. The molecule has 0 aromatic heterocycles. The summed E-state index contributed by atoms with van der Waals surface area (Å²) in [6.45, 7) is 12.6. The van der Waals surface area contributed by atoms with Crippen molar-refractivity contribution < 1.29 is 9.53 Å². The number of anilines is 1. The highest BCUT2D eigenvalue weighted by atomic mass is 16.6. The molecule has 1 unspecified atom stereocenters. The van der Waals surface area contributed by atoms with E-state index < -0.39 is 5.60 Å². The van der Waals surface area contributed by atoms with Crippen LogP contribution in [0.2, 0.25) is 0 Å². The van der Waals surface area contributed by atoms with E-state index in [2.05, 4.69) is 42.3 Å². The number of amides is 1. The molecule has 1 aliphatic heterocycles. The van der Waals surface area contributed by atoms with Crippen molar-refractivity contribution in [3.8, 4) is 0 Å². The number of nitrogens with zero attached hydrogens (tertiary/aromatic N) is 1. The predicted molar refractivity (Wildman–Crippen MR) is 90.5 cm³/mol. The maximum atomic E-state index is 11.7. The molecule has 122 valence electrons. The number of alkyl carbamates (subject to hydrolysis) is 1. The molecule has 1 heterocycles. The van der Waals surface area contributed by atoms with Gasteiger partial charge in [-0.3, -0.25) is 0 Å². The molecule has 0 bridgehead atoms. The van der Waals surface area contributed by atoms with Crippen molar-refractivity contribution in [2.75, 3.05) is 24.5 Å². The third-order valence-corrected chi connectivity index (χ3v) is 3.79. The number of benzene rings is 1. The van der Waals surface area contributed by atoms with Crippen LogP contribution in [0.4, 0.5) is 10.5 Å². The van der Waals surface area contributed by atoms with Gasteiger partial charge in [0, 0.05) is 25.3 Å². The third kappa shape index (κ3) is 4.93. The number of ether oxygens (including phenoxy) is 1. The molecule has 1 aliphatic rings. The van der Waals surface area contributed by atoms with Crippen molar-refractivity contribution in [1.82, 2.24) is 5.32 Å². The van der Waals surface area contributed by atoms with Gasteiger partial charge in [0.05, 0.1) is 0 Å². The van der Waals surface area contributed by atoms with Crippen LogP contribution in [0.1, 0.15) is 38.3 Å². The second-order valence-electron chi connectivity index (χ2n) is 7.33. The molecule has 0 aliphatic carbocycles. The molecular weight excluding hydrogens is 276 g/mol. The molecule has 0 radical (unpaired) electrons. The van der Waals surface area contributed by atoms with Gasteiger partial charge in [0.25, 0.3) is 0 Å². The largest absolute Gasteiger partial charge is 0.444 e.